The van der Waals surface area contributed by atoms with E-state index < -0.39 is 0 Å². The van der Waals surface area contributed by atoms with Crippen LogP contribution in [0.5, 0.6) is 0 Å². The number of hydrogen-bond acceptors (Lipinski definition) is 3. The lowest BCUT2D eigenvalue weighted by Gasteiger charge is -2.23. The number of anilines is 1. The summed E-state index contributed by atoms with van der Waals surface area (Å²) in [4.78, 5) is 7.18. The zero-order valence-corrected chi connectivity index (χ0v) is 13.4. The van der Waals surface area contributed by atoms with Crippen molar-refractivity contribution in [3.63, 3.8) is 0 Å². The summed E-state index contributed by atoms with van der Waals surface area (Å²) in [6.45, 7) is 10.4. The first-order chi connectivity index (χ1) is 10.1. The molecule has 3 heteroatoms. The van der Waals surface area contributed by atoms with Crippen LogP contribution < -0.4 is 4.90 Å². The lowest BCUT2D eigenvalue weighted by atomic mass is 10.0. The van der Waals surface area contributed by atoms with Crippen LogP contribution in [0.4, 0.5) is 5.82 Å². The van der Waals surface area contributed by atoms with Gasteiger partial charge in [0.15, 0.2) is 0 Å². The summed E-state index contributed by atoms with van der Waals surface area (Å²) in [5.74, 6) is 1.03. The normalized spacial score (nSPS) is 10.6. The van der Waals surface area contributed by atoms with Crippen molar-refractivity contribution in [2.24, 2.45) is 0 Å². The van der Waals surface area contributed by atoms with E-state index in [4.69, 9.17) is 10.2 Å². The van der Waals surface area contributed by atoms with Crippen molar-refractivity contribution < 1.29 is 0 Å². The van der Waals surface area contributed by atoms with Gasteiger partial charge in [0.25, 0.3) is 0 Å². The highest BCUT2D eigenvalue weighted by atomic mass is 15.2. The summed E-state index contributed by atoms with van der Waals surface area (Å²) < 4.78 is 0. The van der Waals surface area contributed by atoms with Gasteiger partial charge in [0, 0.05) is 24.9 Å². The number of aromatic nitrogens is 1. The fraction of sp³-hybridized carbons (Fsp3) is 0.444. The molecule has 0 aliphatic rings. The average molecular weight is 281 g/mol. The molecule has 21 heavy (non-hydrogen) atoms. The number of fused-ring (bicyclic) bond motifs is 1. The molecule has 0 saturated carbocycles. The van der Waals surface area contributed by atoms with Crippen molar-refractivity contribution in [1.82, 2.24) is 4.98 Å². The largest absolute Gasteiger partial charge is 0.357 e. The van der Waals surface area contributed by atoms with Gasteiger partial charge in [-0.3, -0.25) is 0 Å². The van der Waals surface area contributed by atoms with Gasteiger partial charge in [-0.2, -0.15) is 5.26 Å². The third-order valence-corrected chi connectivity index (χ3v) is 3.91. The van der Waals surface area contributed by atoms with Gasteiger partial charge in [0.05, 0.1) is 11.6 Å². The zero-order chi connectivity index (χ0) is 15.4. The van der Waals surface area contributed by atoms with Crippen molar-refractivity contribution in [3.05, 3.63) is 34.9 Å². The molecule has 2 rings (SSSR count). The number of rotatable bonds is 5. The number of nitriles is 1. The smallest absolute Gasteiger partial charge is 0.132 e. The predicted octanol–water partition coefficient (Wildman–Crippen LogP) is 4.15. The van der Waals surface area contributed by atoms with E-state index >= 15 is 0 Å². The minimum Gasteiger partial charge on any atom is -0.357 e. The second-order valence-corrected chi connectivity index (χ2v) is 5.45. The van der Waals surface area contributed by atoms with Crippen LogP contribution in [-0.4, -0.2) is 18.1 Å². The summed E-state index contributed by atoms with van der Waals surface area (Å²) in [7, 11) is 0. The van der Waals surface area contributed by atoms with Gasteiger partial charge in [-0.1, -0.05) is 6.07 Å². The predicted molar refractivity (Wildman–Crippen MR) is 88.7 cm³/mol. The first kappa shape index (κ1) is 15.3. The number of nitrogens with zero attached hydrogens (tertiary/aromatic N) is 3. The maximum absolute atomic E-state index is 8.89. The molecule has 0 aliphatic heterocycles. The molecule has 1 aromatic heterocycles. The summed E-state index contributed by atoms with van der Waals surface area (Å²) >= 11 is 0. The molecule has 0 spiro atoms. The molecular weight excluding hydrogens is 258 g/mol. The minimum atomic E-state index is 0.534. The molecular formula is C18H23N3. The van der Waals surface area contributed by atoms with Gasteiger partial charge in [-0.05, 0) is 62.9 Å². The van der Waals surface area contributed by atoms with Gasteiger partial charge in [0.1, 0.15) is 5.82 Å². The highest BCUT2D eigenvalue weighted by Gasteiger charge is 2.13. The van der Waals surface area contributed by atoms with E-state index in [-0.39, 0.29) is 0 Å². The van der Waals surface area contributed by atoms with Crippen molar-refractivity contribution in [3.8, 4) is 6.07 Å². The third kappa shape index (κ3) is 3.16. The first-order valence-corrected chi connectivity index (χ1v) is 7.63. The lowest BCUT2D eigenvalue weighted by molar-refractivity contribution is 0.833. The molecule has 0 bridgehead atoms. The Bertz CT molecular complexity index is 679. The molecule has 3 nitrogen and oxygen atoms in total. The fourth-order valence-corrected chi connectivity index (χ4v) is 2.83. The van der Waals surface area contributed by atoms with Gasteiger partial charge in [-0.25, -0.2) is 4.98 Å². The molecule has 0 amide bonds. The summed E-state index contributed by atoms with van der Waals surface area (Å²) in [5, 5.41) is 10.1. The van der Waals surface area contributed by atoms with Crippen molar-refractivity contribution in [1.29, 1.82) is 5.26 Å². The van der Waals surface area contributed by atoms with Crippen LogP contribution in [0.15, 0.2) is 18.2 Å². The van der Waals surface area contributed by atoms with E-state index in [0.717, 1.165) is 30.8 Å². The molecule has 0 aliphatic carbocycles. The minimum absolute atomic E-state index is 0.534. The van der Waals surface area contributed by atoms with Crippen LogP contribution in [0, 0.1) is 25.2 Å². The van der Waals surface area contributed by atoms with Crippen molar-refractivity contribution in [2.45, 2.75) is 40.5 Å². The highest BCUT2D eigenvalue weighted by Crippen LogP contribution is 2.27. The van der Waals surface area contributed by atoms with E-state index in [1.807, 2.05) is 0 Å². The Hall–Kier alpha value is -2.08. The Kier molecular flexibility index (Phi) is 4.80. The molecule has 0 unspecified atom stereocenters. The Morgan fingerprint density at radius 1 is 1.14 bits per heavy atom. The molecule has 1 aromatic carbocycles. The van der Waals surface area contributed by atoms with E-state index in [2.05, 4.69) is 56.9 Å². The molecule has 2 aromatic rings. The SMILES string of the molecule is CCN(CC)c1nc2cc(C)cc(C)c2cc1CCC#N. The van der Waals surface area contributed by atoms with Crippen LogP contribution in [0.1, 0.15) is 37.0 Å². The quantitative estimate of drug-likeness (QED) is 0.826. The topological polar surface area (TPSA) is 39.9 Å². The first-order valence-electron chi connectivity index (χ1n) is 7.63. The van der Waals surface area contributed by atoms with E-state index in [1.54, 1.807) is 0 Å². The number of benzene rings is 1. The molecule has 0 saturated heterocycles. The molecule has 0 atom stereocenters. The monoisotopic (exact) mass is 281 g/mol. The summed E-state index contributed by atoms with van der Waals surface area (Å²) in [5.41, 5.74) is 4.72. The van der Waals surface area contributed by atoms with Gasteiger partial charge in [0.2, 0.25) is 0 Å². The lowest BCUT2D eigenvalue weighted by Crippen LogP contribution is -2.24. The standard InChI is InChI=1S/C18H23N3/c1-5-21(6-2)18-15(8-7-9-19)12-16-14(4)10-13(3)11-17(16)20-18/h10-12H,5-8H2,1-4H3. The zero-order valence-electron chi connectivity index (χ0n) is 13.4. The summed E-state index contributed by atoms with van der Waals surface area (Å²) in [6, 6.07) is 8.80. The molecule has 0 N–H and O–H groups in total. The van der Waals surface area contributed by atoms with Crippen LogP contribution in [0.2, 0.25) is 0 Å². The van der Waals surface area contributed by atoms with Crippen LogP contribution >= 0.6 is 0 Å². The van der Waals surface area contributed by atoms with E-state index in [0.29, 0.717) is 6.42 Å². The highest BCUT2D eigenvalue weighted by molar-refractivity contribution is 5.85. The molecule has 0 fully saturated rings. The van der Waals surface area contributed by atoms with Gasteiger partial charge < -0.3 is 4.90 Å². The van der Waals surface area contributed by atoms with Gasteiger partial charge >= 0.3 is 0 Å². The van der Waals surface area contributed by atoms with Crippen molar-refractivity contribution >= 4 is 16.7 Å². The van der Waals surface area contributed by atoms with E-state index in [1.165, 1.54) is 22.1 Å². The Morgan fingerprint density at radius 3 is 2.48 bits per heavy atom. The van der Waals surface area contributed by atoms with Crippen LogP contribution in [0.25, 0.3) is 10.9 Å². The Labute approximate surface area is 127 Å². The molecule has 110 valence electrons. The number of pyridine rings is 1. The fourth-order valence-electron chi connectivity index (χ4n) is 2.83. The summed E-state index contributed by atoms with van der Waals surface area (Å²) in [6.07, 6.45) is 1.30. The number of aryl methyl sites for hydroxylation is 3. The van der Waals surface area contributed by atoms with Crippen LogP contribution in [-0.2, 0) is 6.42 Å². The number of hydrogen-bond donors (Lipinski definition) is 0. The van der Waals surface area contributed by atoms with Crippen molar-refractivity contribution in [2.75, 3.05) is 18.0 Å². The average Bonchev–Trinajstić information content (AvgIpc) is 2.46. The molecule has 1 heterocycles. The molecule has 0 radical (unpaired) electrons. The Balaban J connectivity index is 2.65. The third-order valence-electron chi connectivity index (χ3n) is 3.91. The van der Waals surface area contributed by atoms with E-state index in [9.17, 15) is 0 Å². The second kappa shape index (κ2) is 6.58. The Morgan fingerprint density at radius 2 is 1.86 bits per heavy atom. The maximum Gasteiger partial charge on any atom is 0.132 e. The van der Waals surface area contributed by atoms with Crippen LogP contribution in [0.3, 0.4) is 0 Å². The second-order valence-electron chi connectivity index (χ2n) is 5.45. The maximum atomic E-state index is 8.89. The van der Waals surface area contributed by atoms with Gasteiger partial charge in [-0.15, -0.1) is 0 Å².